The van der Waals surface area contributed by atoms with Gasteiger partial charge >= 0.3 is 0 Å². The van der Waals surface area contributed by atoms with E-state index < -0.39 is 29.7 Å². The Bertz CT molecular complexity index is 1320. The van der Waals surface area contributed by atoms with Crippen molar-refractivity contribution in [1.29, 1.82) is 0 Å². The Labute approximate surface area is 248 Å². The quantitative estimate of drug-likeness (QED) is 0.219. The number of benzene rings is 3. The molecule has 0 bridgehead atoms. The van der Waals surface area contributed by atoms with Crippen LogP contribution in [-0.2, 0) is 19.4 Å². The predicted molar refractivity (Wildman–Crippen MR) is 163 cm³/mol. The van der Waals surface area contributed by atoms with E-state index in [9.17, 15) is 23.5 Å². The van der Waals surface area contributed by atoms with Crippen molar-refractivity contribution in [3.05, 3.63) is 106 Å². The Morgan fingerprint density at radius 3 is 2.14 bits per heavy atom. The van der Waals surface area contributed by atoms with E-state index in [0.29, 0.717) is 30.8 Å². The van der Waals surface area contributed by atoms with Crippen LogP contribution in [0.1, 0.15) is 76.6 Å². The molecular formula is C34H43F2N3O3. The standard InChI is InChI=1S/C34H43F2N3O3/c1-5-11-39(12-6-2)34(42)28-14-23(4)13-27(19-28)33(41)38-31(18-26-16-29(35)20-30(36)17-26)32(40)22-37-21-25-10-8-9-24(7-3)15-25/h8-10,13-17,19-20,31-32,37,40H,5-7,11-12,18,21-22H2,1-4H3,(H,38,41)/t31-,32+/m0/s1. The maximum Gasteiger partial charge on any atom is 0.253 e. The molecule has 0 aliphatic carbocycles. The van der Waals surface area contributed by atoms with Crippen molar-refractivity contribution in [1.82, 2.24) is 15.5 Å². The summed E-state index contributed by atoms with van der Waals surface area (Å²) in [6.45, 7) is 9.81. The first-order chi connectivity index (χ1) is 20.1. The summed E-state index contributed by atoms with van der Waals surface area (Å²) in [7, 11) is 0. The zero-order chi connectivity index (χ0) is 30.6. The molecule has 0 unspecified atom stereocenters. The number of aliphatic hydroxyl groups is 1. The number of hydrogen-bond donors (Lipinski definition) is 3. The van der Waals surface area contributed by atoms with Crippen LogP contribution < -0.4 is 10.6 Å². The Morgan fingerprint density at radius 2 is 1.50 bits per heavy atom. The topological polar surface area (TPSA) is 81.7 Å². The lowest BCUT2D eigenvalue weighted by Gasteiger charge is -2.25. The number of halogens is 2. The summed E-state index contributed by atoms with van der Waals surface area (Å²) in [6, 6.07) is 15.4. The Kier molecular flexibility index (Phi) is 12.6. The van der Waals surface area contributed by atoms with Crippen LogP contribution >= 0.6 is 0 Å². The molecule has 3 aromatic rings. The molecule has 0 aliphatic heterocycles. The molecule has 2 atom stereocenters. The van der Waals surface area contributed by atoms with Gasteiger partial charge in [-0.1, -0.05) is 45.0 Å². The highest BCUT2D eigenvalue weighted by Gasteiger charge is 2.24. The molecule has 3 aromatic carbocycles. The summed E-state index contributed by atoms with van der Waals surface area (Å²) in [5, 5.41) is 17.2. The minimum atomic E-state index is -1.06. The highest BCUT2D eigenvalue weighted by molar-refractivity contribution is 6.00. The molecule has 0 aromatic heterocycles. The minimum Gasteiger partial charge on any atom is -0.390 e. The fraction of sp³-hybridized carbons (Fsp3) is 0.412. The zero-order valence-corrected chi connectivity index (χ0v) is 25.1. The van der Waals surface area contributed by atoms with Crippen molar-refractivity contribution in [3.63, 3.8) is 0 Å². The van der Waals surface area contributed by atoms with Crippen LogP contribution in [0.3, 0.4) is 0 Å². The lowest BCUT2D eigenvalue weighted by Crippen LogP contribution is -2.48. The molecule has 0 spiro atoms. The number of amides is 2. The average molecular weight is 580 g/mol. The largest absolute Gasteiger partial charge is 0.390 e. The van der Waals surface area contributed by atoms with Gasteiger partial charge in [-0.2, -0.15) is 0 Å². The lowest BCUT2D eigenvalue weighted by atomic mass is 9.99. The number of carbonyl (C=O) groups excluding carboxylic acids is 2. The SMILES string of the molecule is CCCN(CCC)C(=O)c1cc(C)cc(C(=O)N[C@@H](Cc2cc(F)cc(F)c2)[C@H](O)CNCc2cccc(CC)c2)c1. The summed E-state index contributed by atoms with van der Waals surface area (Å²) in [5.74, 6) is -2.09. The van der Waals surface area contributed by atoms with Gasteiger partial charge in [0.05, 0.1) is 12.1 Å². The first-order valence-corrected chi connectivity index (χ1v) is 14.8. The third-order valence-corrected chi connectivity index (χ3v) is 7.10. The fourth-order valence-electron chi connectivity index (χ4n) is 5.06. The van der Waals surface area contributed by atoms with Gasteiger partial charge in [-0.15, -0.1) is 0 Å². The molecule has 3 rings (SSSR count). The molecule has 0 saturated carbocycles. The molecule has 6 nitrogen and oxygen atoms in total. The summed E-state index contributed by atoms with van der Waals surface area (Å²) in [4.78, 5) is 28.5. The summed E-state index contributed by atoms with van der Waals surface area (Å²) < 4.78 is 27.9. The second kappa shape index (κ2) is 16.1. The third kappa shape index (κ3) is 9.74. The van der Waals surface area contributed by atoms with Crippen molar-refractivity contribution >= 4 is 11.8 Å². The summed E-state index contributed by atoms with van der Waals surface area (Å²) in [5.41, 5.74) is 4.02. The first-order valence-electron chi connectivity index (χ1n) is 14.8. The average Bonchev–Trinajstić information content (AvgIpc) is 2.95. The van der Waals surface area contributed by atoms with Gasteiger partial charge in [0, 0.05) is 43.4 Å². The third-order valence-electron chi connectivity index (χ3n) is 7.10. The second-order valence-electron chi connectivity index (χ2n) is 10.8. The van der Waals surface area contributed by atoms with Gasteiger partial charge in [-0.3, -0.25) is 9.59 Å². The number of nitrogens with zero attached hydrogens (tertiary/aromatic N) is 1. The van der Waals surface area contributed by atoms with Gasteiger partial charge in [-0.25, -0.2) is 8.78 Å². The van der Waals surface area contributed by atoms with E-state index in [1.807, 2.05) is 32.9 Å². The molecule has 226 valence electrons. The highest BCUT2D eigenvalue weighted by Crippen LogP contribution is 2.16. The maximum absolute atomic E-state index is 14.0. The monoisotopic (exact) mass is 579 g/mol. The zero-order valence-electron chi connectivity index (χ0n) is 25.1. The van der Waals surface area contributed by atoms with E-state index in [4.69, 9.17) is 0 Å². The van der Waals surface area contributed by atoms with Gasteiger partial charge in [0.25, 0.3) is 11.8 Å². The van der Waals surface area contributed by atoms with E-state index in [1.165, 1.54) is 17.7 Å². The second-order valence-corrected chi connectivity index (χ2v) is 10.8. The van der Waals surface area contributed by atoms with Crippen LogP contribution in [-0.4, -0.2) is 53.6 Å². The van der Waals surface area contributed by atoms with E-state index in [2.05, 4.69) is 29.7 Å². The summed E-state index contributed by atoms with van der Waals surface area (Å²) >= 11 is 0. The normalized spacial score (nSPS) is 12.5. The van der Waals surface area contributed by atoms with Crippen molar-refractivity contribution in [2.45, 2.75) is 72.1 Å². The molecule has 0 heterocycles. The molecule has 8 heteroatoms. The Balaban J connectivity index is 1.80. The molecule has 0 radical (unpaired) electrons. The van der Waals surface area contributed by atoms with Crippen molar-refractivity contribution < 1.29 is 23.5 Å². The van der Waals surface area contributed by atoms with E-state index in [0.717, 1.165) is 36.5 Å². The van der Waals surface area contributed by atoms with Crippen molar-refractivity contribution in [2.75, 3.05) is 19.6 Å². The van der Waals surface area contributed by atoms with Crippen LogP contribution in [0.25, 0.3) is 0 Å². The van der Waals surface area contributed by atoms with Crippen molar-refractivity contribution in [2.24, 2.45) is 0 Å². The smallest absolute Gasteiger partial charge is 0.253 e. The fourth-order valence-corrected chi connectivity index (χ4v) is 5.06. The molecule has 2 amide bonds. The van der Waals surface area contributed by atoms with E-state index in [1.54, 1.807) is 23.1 Å². The molecular weight excluding hydrogens is 536 g/mol. The van der Waals surface area contributed by atoms with Crippen molar-refractivity contribution in [3.8, 4) is 0 Å². The van der Waals surface area contributed by atoms with Gasteiger partial charge < -0.3 is 20.6 Å². The first kappa shape index (κ1) is 32.9. The van der Waals surface area contributed by atoms with E-state index in [-0.39, 0.29) is 24.4 Å². The van der Waals surface area contributed by atoms with Crippen LogP contribution in [0.5, 0.6) is 0 Å². The highest BCUT2D eigenvalue weighted by atomic mass is 19.1. The molecule has 42 heavy (non-hydrogen) atoms. The Hall–Kier alpha value is -3.62. The number of nitrogens with one attached hydrogen (secondary N) is 2. The van der Waals surface area contributed by atoms with Crippen LogP contribution in [0.15, 0.2) is 60.7 Å². The maximum atomic E-state index is 14.0. The number of carbonyl (C=O) groups is 2. The predicted octanol–water partition coefficient (Wildman–Crippen LogP) is 5.59. The summed E-state index contributed by atoms with van der Waals surface area (Å²) in [6.07, 6.45) is 1.50. The van der Waals surface area contributed by atoms with Crippen LogP contribution in [0, 0.1) is 18.6 Å². The molecule has 3 N–H and O–H groups in total. The van der Waals surface area contributed by atoms with Gasteiger partial charge in [-0.05, 0) is 85.2 Å². The molecule has 0 aliphatic rings. The molecule has 0 saturated heterocycles. The van der Waals surface area contributed by atoms with Gasteiger partial charge in [0.15, 0.2) is 0 Å². The number of aryl methyl sites for hydroxylation is 2. The minimum absolute atomic E-state index is 0.00691. The number of hydrogen-bond acceptors (Lipinski definition) is 4. The molecule has 0 fully saturated rings. The van der Waals surface area contributed by atoms with Crippen LogP contribution in [0.2, 0.25) is 0 Å². The van der Waals surface area contributed by atoms with Gasteiger partial charge in [0.1, 0.15) is 11.6 Å². The number of rotatable bonds is 15. The van der Waals surface area contributed by atoms with Crippen LogP contribution in [0.4, 0.5) is 8.78 Å². The Morgan fingerprint density at radius 1 is 0.857 bits per heavy atom. The number of aliphatic hydroxyl groups excluding tert-OH is 1. The van der Waals surface area contributed by atoms with Gasteiger partial charge in [0.2, 0.25) is 0 Å². The van der Waals surface area contributed by atoms with E-state index >= 15 is 0 Å². The lowest BCUT2D eigenvalue weighted by molar-refractivity contribution is 0.0755.